The molecule has 86 valence electrons. The van der Waals surface area contributed by atoms with Crippen LogP contribution >= 0.6 is 34.8 Å². The lowest BCUT2D eigenvalue weighted by Crippen LogP contribution is -2.39. The smallest absolute Gasteiger partial charge is 0.217 e. The van der Waals surface area contributed by atoms with E-state index >= 15 is 0 Å². The average molecular weight is 263 g/mol. The van der Waals surface area contributed by atoms with Crippen molar-refractivity contribution >= 4 is 34.8 Å². The zero-order chi connectivity index (χ0) is 11.4. The van der Waals surface area contributed by atoms with E-state index in [1.165, 1.54) is 0 Å². The summed E-state index contributed by atoms with van der Waals surface area (Å²) >= 11 is 17.4. The molecule has 0 aliphatic heterocycles. The van der Waals surface area contributed by atoms with Crippen LogP contribution in [-0.2, 0) is 4.74 Å². The van der Waals surface area contributed by atoms with Crippen LogP contribution < -0.4 is 0 Å². The average Bonchev–Trinajstić information content (AvgIpc) is 1.94. The van der Waals surface area contributed by atoms with Gasteiger partial charge < -0.3 is 9.64 Å². The first kappa shape index (κ1) is 14.8. The number of ether oxygens (including phenoxy) is 1. The van der Waals surface area contributed by atoms with Crippen molar-refractivity contribution in [2.45, 2.75) is 23.7 Å². The van der Waals surface area contributed by atoms with Crippen molar-refractivity contribution in [2.75, 3.05) is 27.2 Å². The summed E-state index contributed by atoms with van der Waals surface area (Å²) in [4.78, 5) is 1.94. The van der Waals surface area contributed by atoms with Gasteiger partial charge in [0.25, 0.3) is 0 Å². The molecule has 0 saturated carbocycles. The Bertz CT molecular complexity index is 157. The molecule has 0 radical (unpaired) electrons. The highest BCUT2D eigenvalue weighted by molar-refractivity contribution is 6.68. The van der Waals surface area contributed by atoms with Crippen LogP contribution in [0, 0.1) is 5.92 Å². The minimum Gasteiger partial charge on any atom is -0.372 e. The number of rotatable bonds is 5. The second kappa shape index (κ2) is 6.39. The van der Waals surface area contributed by atoms with E-state index in [-0.39, 0.29) is 6.10 Å². The van der Waals surface area contributed by atoms with Crippen molar-refractivity contribution in [3.63, 3.8) is 0 Å². The molecule has 0 unspecified atom stereocenters. The van der Waals surface area contributed by atoms with Gasteiger partial charge in [0.15, 0.2) is 0 Å². The molecule has 0 heterocycles. The molecule has 0 aromatic carbocycles. The number of hydrogen-bond donors (Lipinski definition) is 0. The molecule has 0 aliphatic rings. The summed E-state index contributed by atoms with van der Waals surface area (Å²) in [7, 11) is 3.84. The third-order valence-electron chi connectivity index (χ3n) is 1.53. The second-order valence-electron chi connectivity index (χ2n) is 4.02. The highest BCUT2D eigenvalue weighted by atomic mass is 35.6. The van der Waals surface area contributed by atoms with E-state index < -0.39 is 3.79 Å². The fourth-order valence-corrected chi connectivity index (χ4v) is 1.29. The van der Waals surface area contributed by atoms with Crippen LogP contribution in [0.2, 0.25) is 0 Å². The molecule has 0 amide bonds. The number of nitrogens with zero attached hydrogens (tertiary/aromatic N) is 1. The number of halogens is 3. The van der Waals surface area contributed by atoms with Gasteiger partial charge in [-0.15, -0.1) is 0 Å². The Morgan fingerprint density at radius 3 is 2.00 bits per heavy atom. The zero-order valence-corrected chi connectivity index (χ0v) is 11.3. The maximum Gasteiger partial charge on any atom is 0.217 e. The second-order valence-corrected chi connectivity index (χ2v) is 6.39. The molecule has 0 aromatic heterocycles. The van der Waals surface area contributed by atoms with E-state index in [9.17, 15) is 0 Å². The van der Waals surface area contributed by atoms with Crippen molar-refractivity contribution in [3.05, 3.63) is 0 Å². The van der Waals surface area contributed by atoms with Crippen LogP contribution in [0.4, 0.5) is 0 Å². The van der Waals surface area contributed by atoms with Gasteiger partial charge >= 0.3 is 0 Å². The van der Waals surface area contributed by atoms with Gasteiger partial charge in [0.2, 0.25) is 3.79 Å². The SMILES string of the molecule is CC(C)CO[C@@H](CN(C)C)C(Cl)(Cl)Cl. The van der Waals surface area contributed by atoms with Crippen molar-refractivity contribution in [2.24, 2.45) is 5.92 Å². The minimum absolute atomic E-state index is 0.384. The lowest BCUT2D eigenvalue weighted by atomic mass is 10.2. The Balaban J connectivity index is 4.12. The standard InChI is InChI=1S/C9H18Cl3NO/c1-7(2)6-14-8(5-13(3)4)9(10,11)12/h7-8H,5-6H2,1-4H3/t8-/m0/s1. The van der Waals surface area contributed by atoms with Crippen LogP contribution in [0.25, 0.3) is 0 Å². The third-order valence-corrected chi connectivity index (χ3v) is 2.26. The van der Waals surface area contributed by atoms with Gasteiger partial charge in [0.05, 0.1) is 0 Å². The van der Waals surface area contributed by atoms with Gasteiger partial charge in [-0.2, -0.15) is 0 Å². The first-order chi connectivity index (χ1) is 6.23. The monoisotopic (exact) mass is 261 g/mol. The highest BCUT2D eigenvalue weighted by Gasteiger charge is 2.33. The Labute approximate surface area is 101 Å². The van der Waals surface area contributed by atoms with Gasteiger partial charge in [-0.25, -0.2) is 0 Å². The summed E-state index contributed by atoms with van der Waals surface area (Å²) in [5.74, 6) is 0.437. The van der Waals surface area contributed by atoms with Gasteiger partial charge in [-0.1, -0.05) is 48.7 Å². The predicted molar refractivity (Wildman–Crippen MR) is 63.4 cm³/mol. The quantitative estimate of drug-likeness (QED) is 0.707. The molecule has 5 heteroatoms. The molecule has 0 N–H and O–H groups in total. The first-order valence-electron chi connectivity index (χ1n) is 4.56. The lowest BCUT2D eigenvalue weighted by molar-refractivity contribution is 0.0232. The summed E-state index contributed by atoms with van der Waals surface area (Å²) in [6, 6.07) is 0. The molecule has 2 nitrogen and oxygen atoms in total. The molecule has 0 aromatic rings. The Morgan fingerprint density at radius 2 is 1.71 bits per heavy atom. The van der Waals surface area contributed by atoms with Crippen LogP contribution in [0.5, 0.6) is 0 Å². The maximum absolute atomic E-state index is 5.81. The molecule has 0 spiro atoms. The maximum atomic E-state index is 5.81. The van der Waals surface area contributed by atoms with Crippen LogP contribution in [-0.4, -0.2) is 42.0 Å². The summed E-state index contributed by atoms with van der Waals surface area (Å²) in [5, 5.41) is 0. The summed E-state index contributed by atoms with van der Waals surface area (Å²) in [5.41, 5.74) is 0. The molecule has 0 rings (SSSR count). The van der Waals surface area contributed by atoms with Crippen LogP contribution in [0.3, 0.4) is 0 Å². The fraction of sp³-hybridized carbons (Fsp3) is 1.00. The van der Waals surface area contributed by atoms with Gasteiger partial charge in [0, 0.05) is 13.2 Å². The van der Waals surface area contributed by atoms with Crippen molar-refractivity contribution in [1.29, 1.82) is 0 Å². The number of hydrogen-bond acceptors (Lipinski definition) is 2. The molecular weight excluding hydrogens is 244 g/mol. The molecule has 1 atom stereocenters. The largest absolute Gasteiger partial charge is 0.372 e. The molecule has 0 fully saturated rings. The van der Waals surface area contributed by atoms with Crippen LogP contribution in [0.1, 0.15) is 13.8 Å². The molecule has 0 aliphatic carbocycles. The Hall–Kier alpha value is 0.790. The topological polar surface area (TPSA) is 12.5 Å². The highest BCUT2D eigenvalue weighted by Crippen LogP contribution is 2.32. The summed E-state index contributed by atoms with van der Waals surface area (Å²) in [6.45, 7) is 5.33. The van der Waals surface area contributed by atoms with E-state index in [1.807, 2.05) is 19.0 Å². The third kappa shape index (κ3) is 7.13. The molecule has 0 bridgehead atoms. The zero-order valence-electron chi connectivity index (χ0n) is 9.06. The van der Waals surface area contributed by atoms with E-state index in [0.717, 1.165) is 0 Å². The number of alkyl halides is 3. The van der Waals surface area contributed by atoms with Crippen molar-refractivity contribution in [1.82, 2.24) is 4.90 Å². The van der Waals surface area contributed by atoms with Crippen molar-refractivity contribution in [3.8, 4) is 0 Å². The molecule has 14 heavy (non-hydrogen) atoms. The van der Waals surface area contributed by atoms with E-state index in [2.05, 4.69) is 13.8 Å². The predicted octanol–water partition coefficient (Wildman–Crippen LogP) is 2.96. The number of likely N-dealkylation sites (N-methyl/N-ethyl adjacent to an activating group) is 1. The van der Waals surface area contributed by atoms with E-state index in [1.54, 1.807) is 0 Å². The Kier molecular flexibility index (Phi) is 6.75. The van der Waals surface area contributed by atoms with Gasteiger partial charge in [-0.05, 0) is 20.0 Å². The van der Waals surface area contributed by atoms with Gasteiger partial charge in [-0.3, -0.25) is 0 Å². The van der Waals surface area contributed by atoms with Crippen molar-refractivity contribution < 1.29 is 4.74 Å². The normalized spacial score (nSPS) is 15.2. The van der Waals surface area contributed by atoms with E-state index in [0.29, 0.717) is 19.1 Å². The Morgan fingerprint density at radius 1 is 1.21 bits per heavy atom. The van der Waals surface area contributed by atoms with Crippen LogP contribution in [0.15, 0.2) is 0 Å². The van der Waals surface area contributed by atoms with Gasteiger partial charge in [0.1, 0.15) is 6.10 Å². The minimum atomic E-state index is -1.36. The summed E-state index contributed by atoms with van der Waals surface area (Å²) in [6.07, 6.45) is -0.384. The van der Waals surface area contributed by atoms with E-state index in [4.69, 9.17) is 39.5 Å². The fourth-order valence-electron chi connectivity index (χ4n) is 0.891. The summed E-state index contributed by atoms with van der Waals surface area (Å²) < 4.78 is 4.18. The molecule has 0 saturated heterocycles. The first-order valence-corrected chi connectivity index (χ1v) is 5.70. The lowest BCUT2D eigenvalue weighted by Gasteiger charge is -2.28. The molecular formula is C9H18Cl3NO.